The summed E-state index contributed by atoms with van der Waals surface area (Å²) in [5.74, 6) is 3.61. The fourth-order valence-corrected chi connectivity index (χ4v) is 7.40. The fourth-order valence-electron chi connectivity index (χ4n) is 7.40. The maximum absolute atomic E-state index is 11.4. The van der Waals surface area contributed by atoms with Crippen LogP contribution in [0, 0.1) is 29.6 Å². The average Bonchev–Trinajstić information content (AvgIpc) is 2.96. The molecule has 0 aliphatic heterocycles. The summed E-state index contributed by atoms with van der Waals surface area (Å²) in [5, 5.41) is 9.56. The molecule has 0 spiro atoms. The molecule has 1 unspecified atom stereocenters. The molecule has 0 saturated heterocycles. The minimum atomic E-state index is -0.338. The van der Waals surface area contributed by atoms with Gasteiger partial charge in [-0.25, -0.2) is 4.79 Å². The van der Waals surface area contributed by atoms with E-state index < -0.39 is 0 Å². The van der Waals surface area contributed by atoms with Crippen LogP contribution in [0.3, 0.4) is 0 Å². The predicted octanol–water partition coefficient (Wildman–Crippen LogP) is 8.86. The van der Waals surface area contributed by atoms with Crippen LogP contribution >= 0.6 is 0 Å². The topological polar surface area (TPSA) is 46.5 Å². The Kier molecular flexibility index (Phi) is 14.5. The number of aliphatic hydroxyl groups is 1. The van der Waals surface area contributed by atoms with Crippen molar-refractivity contribution in [3.8, 4) is 0 Å². The van der Waals surface area contributed by atoms with Crippen LogP contribution in [0.15, 0.2) is 36.9 Å². The molecule has 2 fully saturated rings. The summed E-state index contributed by atoms with van der Waals surface area (Å²) in [6.45, 7) is 6.42. The van der Waals surface area contributed by atoms with Gasteiger partial charge in [-0.05, 0) is 118 Å². The highest BCUT2D eigenvalue weighted by molar-refractivity contribution is 5.81. The third kappa shape index (κ3) is 10.9. The van der Waals surface area contributed by atoms with E-state index in [0.29, 0.717) is 18.4 Å². The first-order chi connectivity index (χ1) is 18.6. The maximum Gasteiger partial charge on any atom is 0.330 e. The normalized spacial score (nSPS) is 24.6. The fraction of sp³-hybridized carbons (Fsp3) is 0.743. The first-order valence-corrected chi connectivity index (χ1v) is 16.1. The Morgan fingerprint density at radius 1 is 0.895 bits per heavy atom. The first kappa shape index (κ1) is 30.9. The molecule has 214 valence electrons. The molecular weight excluding hydrogens is 468 g/mol. The lowest BCUT2D eigenvalue weighted by molar-refractivity contribution is -0.138. The van der Waals surface area contributed by atoms with Crippen molar-refractivity contribution in [1.82, 2.24) is 0 Å². The summed E-state index contributed by atoms with van der Waals surface area (Å²) < 4.78 is 5.22. The quantitative estimate of drug-likeness (QED) is 0.126. The number of ether oxygens (including phenoxy) is 1. The molecule has 0 amide bonds. The van der Waals surface area contributed by atoms with Gasteiger partial charge in [-0.3, -0.25) is 0 Å². The van der Waals surface area contributed by atoms with E-state index in [1.807, 2.05) is 0 Å². The Balaban J connectivity index is 1.27. The first-order valence-electron chi connectivity index (χ1n) is 16.1. The van der Waals surface area contributed by atoms with E-state index >= 15 is 0 Å². The van der Waals surface area contributed by atoms with Crippen LogP contribution in [0.2, 0.25) is 0 Å². The Labute approximate surface area is 233 Å². The zero-order chi connectivity index (χ0) is 27.0. The second-order valence-electron chi connectivity index (χ2n) is 12.4. The van der Waals surface area contributed by atoms with Crippen LogP contribution in [0.25, 0.3) is 0 Å². The largest absolute Gasteiger partial charge is 0.463 e. The SMILES string of the molecule is C=CC(=O)OCCC(CCO)C1CCC(C2CCC(CCCCc3ccc(CCCCC)cc3)CC2)CC1. The summed E-state index contributed by atoms with van der Waals surface area (Å²) in [6, 6.07) is 9.44. The summed E-state index contributed by atoms with van der Waals surface area (Å²) in [4.78, 5) is 11.4. The highest BCUT2D eigenvalue weighted by Crippen LogP contribution is 2.44. The van der Waals surface area contributed by atoms with Gasteiger partial charge in [0.15, 0.2) is 0 Å². The number of esters is 1. The van der Waals surface area contributed by atoms with Crippen molar-refractivity contribution < 1.29 is 14.6 Å². The minimum Gasteiger partial charge on any atom is -0.463 e. The van der Waals surface area contributed by atoms with Crippen molar-refractivity contribution in [3.05, 3.63) is 48.0 Å². The van der Waals surface area contributed by atoms with Crippen LogP contribution in [0.1, 0.15) is 121 Å². The molecule has 3 heteroatoms. The van der Waals surface area contributed by atoms with Crippen molar-refractivity contribution >= 4 is 5.97 Å². The second kappa shape index (κ2) is 17.9. The third-order valence-corrected chi connectivity index (χ3v) is 9.86. The number of carbonyl (C=O) groups excluding carboxylic acids is 1. The lowest BCUT2D eigenvalue weighted by Crippen LogP contribution is -2.29. The Morgan fingerprint density at radius 3 is 2.03 bits per heavy atom. The number of unbranched alkanes of at least 4 members (excludes halogenated alkanes) is 3. The molecule has 0 aromatic heterocycles. The van der Waals surface area contributed by atoms with E-state index in [9.17, 15) is 9.90 Å². The molecular formula is C35H56O3. The third-order valence-electron chi connectivity index (χ3n) is 9.86. The highest BCUT2D eigenvalue weighted by atomic mass is 16.5. The summed E-state index contributed by atoms with van der Waals surface area (Å²) in [6.07, 6.45) is 24.5. The zero-order valence-corrected chi connectivity index (χ0v) is 24.4. The molecule has 2 saturated carbocycles. The summed E-state index contributed by atoms with van der Waals surface area (Å²) in [7, 11) is 0. The molecule has 1 aromatic carbocycles. The molecule has 0 bridgehead atoms. The molecule has 2 aliphatic carbocycles. The van der Waals surface area contributed by atoms with Crippen molar-refractivity contribution in [2.24, 2.45) is 29.6 Å². The minimum absolute atomic E-state index is 0.232. The average molecular weight is 525 g/mol. The van der Waals surface area contributed by atoms with Crippen LogP contribution in [-0.2, 0) is 22.4 Å². The van der Waals surface area contributed by atoms with Gasteiger partial charge in [0.25, 0.3) is 0 Å². The zero-order valence-electron chi connectivity index (χ0n) is 24.4. The predicted molar refractivity (Wildman–Crippen MR) is 159 cm³/mol. The smallest absolute Gasteiger partial charge is 0.330 e. The van der Waals surface area contributed by atoms with Gasteiger partial charge in [-0.2, -0.15) is 0 Å². The number of benzene rings is 1. The van der Waals surface area contributed by atoms with Gasteiger partial charge < -0.3 is 9.84 Å². The van der Waals surface area contributed by atoms with E-state index in [0.717, 1.165) is 30.6 Å². The molecule has 1 atom stereocenters. The summed E-state index contributed by atoms with van der Waals surface area (Å²) in [5.41, 5.74) is 3.02. The van der Waals surface area contributed by atoms with E-state index in [1.165, 1.54) is 120 Å². The molecule has 3 rings (SSSR count). The molecule has 0 heterocycles. The Hall–Kier alpha value is -1.61. The summed E-state index contributed by atoms with van der Waals surface area (Å²) >= 11 is 0. The van der Waals surface area contributed by atoms with Gasteiger partial charge in [0, 0.05) is 12.7 Å². The molecule has 38 heavy (non-hydrogen) atoms. The standard InChI is InChI=1S/C35H56O3/c1-3-5-6-9-28-12-14-29(15-13-28)10-7-8-11-30-16-18-31(19-17-30)32-20-22-33(23-21-32)34(24-26-36)25-27-38-35(37)4-2/h4,12-15,30-34,36H,2-3,5-11,16-27H2,1H3. The van der Waals surface area contributed by atoms with Crippen LogP contribution in [-0.4, -0.2) is 24.3 Å². The highest BCUT2D eigenvalue weighted by Gasteiger charge is 2.33. The molecule has 0 radical (unpaired) electrons. The van der Waals surface area contributed by atoms with Crippen molar-refractivity contribution in [1.29, 1.82) is 0 Å². The van der Waals surface area contributed by atoms with E-state index in [4.69, 9.17) is 4.74 Å². The number of aliphatic hydroxyl groups excluding tert-OH is 1. The second-order valence-corrected chi connectivity index (χ2v) is 12.4. The van der Waals surface area contributed by atoms with Crippen LogP contribution < -0.4 is 0 Å². The van der Waals surface area contributed by atoms with Gasteiger partial charge in [-0.15, -0.1) is 0 Å². The van der Waals surface area contributed by atoms with Crippen LogP contribution in [0.4, 0.5) is 0 Å². The van der Waals surface area contributed by atoms with E-state index in [1.54, 1.807) is 0 Å². The van der Waals surface area contributed by atoms with Crippen LogP contribution in [0.5, 0.6) is 0 Å². The van der Waals surface area contributed by atoms with Gasteiger partial charge in [-0.1, -0.05) is 76.3 Å². The lowest BCUT2D eigenvalue weighted by Gasteiger charge is -2.40. The Morgan fingerprint density at radius 2 is 1.47 bits per heavy atom. The van der Waals surface area contributed by atoms with Gasteiger partial charge in [0.2, 0.25) is 0 Å². The number of rotatable bonds is 17. The van der Waals surface area contributed by atoms with Gasteiger partial charge in [0.1, 0.15) is 0 Å². The van der Waals surface area contributed by atoms with Crippen molar-refractivity contribution in [2.75, 3.05) is 13.2 Å². The monoisotopic (exact) mass is 524 g/mol. The number of carbonyl (C=O) groups is 1. The number of hydrogen-bond donors (Lipinski definition) is 1. The van der Waals surface area contributed by atoms with Crippen molar-refractivity contribution in [2.45, 2.75) is 122 Å². The molecule has 2 aliphatic rings. The molecule has 1 N–H and O–H groups in total. The number of hydrogen-bond acceptors (Lipinski definition) is 3. The number of aryl methyl sites for hydroxylation is 2. The molecule has 3 nitrogen and oxygen atoms in total. The van der Waals surface area contributed by atoms with Gasteiger partial charge >= 0.3 is 5.97 Å². The maximum atomic E-state index is 11.4. The van der Waals surface area contributed by atoms with Crippen molar-refractivity contribution in [3.63, 3.8) is 0 Å². The van der Waals surface area contributed by atoms with Gasteiger partial charge in [0.05, 0.1) is 6.61 Å². The lowest BCUT2D eigenvalue weighted by atomic mass is 9.66. The van der Waals surface area contributed by atoms with E-state index in [-0.39, 0.29) is 12.6 Å². The molecule has 1 aromatic rings. The van der Waals surface area contributed by atoms with E-state index in [2.05, 4.69) is 37.8 Å². The Bertz CT molecular complexity index is 769.